The van der Waals surface area contributed by atoms with Crippen LogP contribution in [0, 0.1) is 0 Å². The number of anilines is 1. The van der Waals surface area contributed by atoms with Crippen molar-refractivity contribution in [3.8, 4) is 0 Å². The van der Waals surface area contributed by atoms with Crippen LogP contribution in [0.25, 0.3) is 0 Å². The molecule has 0 amide bonds. The van der Waals surface area contributed by atoms with E-state index in [1.807, 2.05) is 4.90 Å². The van der Waals surface area contributed by atoms with Gasteiger partial charge in [-0.2, -0.15) is 13.2 Å². The predicted molar refractivity (Wildman–Crippen MR) is 67.0 cm³/mol. The first-order valence-electron chi connectivity index (χ1n) is 6.13. The summed E-state index contributed by atoms with van der Waals surface area (Å²) in [5.74, 6) is 0. The minimum atomic E-state index is -4.35. The van der Waals surface area contributed by atoms with Crippen molar-refractivity contribution in [3.05, 3.63) is 29.3 Å². The Kier molecular flexibility index (Phi) is 4.01. The minimum absolute atomic E-state index is 0.121. The number of alkyl halides is 3. The van der Waals surface area contributed by atoms with E-state index in [9.17, 15) is 13.2 Å². The second-order valence-corrected chi connectivity index (χ2v) is 4.64. The summed E-state index contributed by atoms with van der Waals surface area (Å²) in [5.41, 5.74) is 5.68. The number of hydrogen-bond donors (Lipinski definition) is 1. The van der Waals surface area contributed by atoms with Crippen molar-refractivity contribution in [1.29, 1.82) is 0 Å². The van der Waals surface area contributed by atoms with Crippen molar-refractivity contribution in [2.45, 2.75) is 25.2 Å². The van der Waals surface area contributed by atoms with Crippen LogP contribution in [0.2, 0.25) is 0 Å². The van der Waals surface area contributed by atoms with Gasteiger partial charge in [-0.25, -0.2) is 0 Å². The van der Waals surface area contributed by atoms with E-state index < -0.39 is 11.7 Å². The minimum Gasteiger partial charge on any atom is -0.380 e. The lowest BCUT2D eigenvalue weighted by Gasteiger charge is -2.21. The van der Waals surface area contributed by atoms with Crippen molar-refractivity contribution in [1.82, 2.24) is 0 Å². The van der Waals surface area contributed by atoms with Gasteiger partial charge in [-0.05, 0) is 30.2 Å². The fourth-order valence-electron chi connectivity index (χ4n) is 2.38. The molecule has 6 heteroatoms. The smallest absolute Gasteiger partial charge is 0.380 e. The maximum Gasteiger partial charge on any atom is 0.416 e. The zero-order valence-electron chi connectivity index (χ0n) is 10.7. The van der Waals surface area contributed by atoms with Crippen LogP contribution in [-0.2, 0) is 17.5 Å². The number of rotatable bonds is 3. The van der Waals surface area contributed by atoms with E-state index in [1.54, 1.807) is 7.11 Å². The van der Waals surface area contributed by atoms with E-state index in [1.165, 1.54) is 12.1 Å². The van der Waals surface area contributed by atoms with Crippen LogP contribution in [0.3, 0.4) is 0 Å². The Balaban J connectivity index is 2.25. The molecule has 19 heavy (non-hydrogen) atoms. The molecule has 3 nitrogen and oxygen atoms in total. The molecule has 106 valence electrons. The first kappa shape index (κ1) is 14.1. The fourth-order valence-corrected chi connectivity index (χ4v) is 2.38. The van der Waals surface area contributed by atoms with E-state index in [0.717, 1.165) is 24.7 Å². The van der Waals surface area contributed by atoms with Crippen LogP contribution in [-0.4, -0.2) is 26.3 Å². The number of ether oxygens (including phenoxy) is 1. The molecule has 2 N–H and O–H groups in total. The number of methoxy groups -OCH3 is 1. The molecule has 0 aromatic heterocycles. The summed E-state index contributed by atoms with van der Waals surface area (Å²) >= 11 is 0. The van der Waals surface area contributed by atoms with E-state index in [2.05, 4.69) is 0 Å². The SMILES string of the molecule is COC1CCN(c2ccc(C(F)(F)F)c(CN)c2)C1. The lowest BCUT2D eigenvalue weighted by Crippen LogP contribution is -2.23. The van der Waals surface area contributed by atoms with Crippen LogP contribution >= 0.6 is 0 Å². The molecular formula is C13H17F3N2O. The summed E-state index contributed by atoms with van der Waals surface area (Å²) in [4.78, 5) is 2.02. The average Bonchev–Trinajstić information content (AvgIpc) is 2.85. The number of nitrogens with two attached hydrogens (primary N) is 1. The Morgan fingerprint density at radius 1 is 1.42 bits per heavy atom. The number of benzene rings is 1. The Hall–Kier alpha value is -1.27. The molecule has 1 heterocycles. The first-order valence-corrected chi connectivity index (χ1v) is 6.13. The number of nitrogens with zero attached hydrogens (tertiary/aromatic N) is 1. The first-order chi connectivity index (χ1) is 8.95. The Labute approximate surface area is 110 Å². The molecule has 1 aromatic carbocycles. The Morgan fingerprint density at radius 3 is 2.68 bits per heavy atom. The van der Waals surface area contributed by atoms with Gasteiger partial charge in [-0.15, -0.1) is 0 Å². The van der Waals surface area contributed by atoms with Crippen molar-refractivity contribution < 1.29 is 17.9 Å². The highest BCUT2D eigenvalue weighted by Crippen LogP contribution is 2.34. The summed E-state index contributed by atoms with van der Waals surface area (Å²) in [6.07, 6.45) is -3.33. The molecule has 0 spiro atoms. The molecule has 0 saturated carbocycles. The fraction of sp³-hybridized carbons (Fsp3) is 0.538. The van der Waals surface area contributed by atoms with Gasteiger partial charge in [0.2, 0.25) is 0 Å². The Bertz CT molecular complexity index is 448. The summed E-state index contributed by atoms with van der Waals surface area (Å²) in [6, 6.07) is 4.14. The van der Waals surface area contributed by atoms with Crippen molar-refractivity contribution in [2.24, 2.45) is 5.73 Å². The van der Waals surface area contributed by atoms with E-state index in [-0.39, 0.29) is 18.2 Å². The van der Waals surface area contributed by atoms with Gasteiger partial charge in [0.25, 0.3) is 0 Å². The van der Waals surface area contributed by atoms with Gasteiger partial charge in [-0.3, -0.25) is 0 Å². The predicted octanol–water partition coefficient (Wildman–Crippen LogP) is 2.39. The van der Waals surface area contributed by atoms with Gasteiger partial charge in [0.15, 0.2) is 0 Å². The second kappa shape index (κ2) is 5.38. The van der Waals surface area contributed by atoms with Crippen LogP contribution in [0.1, 0.15) is 17.5 Å². The molecule has 1 saturated heterocycles. The highest BCUT2D eigenvalue weighted by atomic mass is 19.4. The zero-order valence-corrected chi connectivity index (χ0v) is 10.7. The summed E-state index contributed by atoms with van der Waals surface area (Å²) in [7, 11) is 1.65. The summed E-state index contributed by atoms with van der Waals surface area (Å²) in [5, 5.41) is 0. The van der Waals surface area contributed by atoms with Gasteiger partial charge in [-0.1, -0.05) is 0 Å². The monoisotopic (exact) mass is 274 g/mol. The van der Waals surface area contributed by atoms with Crippen molar-refractivity contribution in [3.63, 3.8) is 0 Å². The number of halogens is 3. The van der Waals surface area contributed by atoms with Gasteiger partial charge in [0.05, 0.1) is 11.7 Å². The normalized spacial score (nSPS) is 20.1. The molecule has 1 fully saturated rings. The van der Waals surface area contributed by atoms with E-state index in [4.69, 9.17) is 10.5 Å². The molecular weight excluding hydrogens is 257 g/mol. The Morgan fingerprint density at radius 2 is 2.16 bits per heavy atom. The van der Waals surface area contributed by atoms with Crippen molar-refractivity contribution >= 4 is 5.69 Å². The highest BCUT2D eigenvalue weighted by molar-refractivity contribution is 5.52. The van der Waals surface area contributed by atoms with Gasteiger partial charge in [0, 0.05) is 32.4 Å². The standard InChI is InChI=1S/C13H17F3N2O/c1-19-11-4-5-18(8-11)10-2-3-12(13(14,15)16)9(6-10)7-17/h2-3,6,11H,4-5,7-8,17H2,1H3. The molecule has 1 unspecified atom stereocenters. The largest absolute Gasteiger partial charge is 0.416 e. The third-order valence-corrected chi connectivity index (χ3v) is 3.46. The average molecular weight is 274 g/mol. The molecule has 1 aromatic rings. The molecule has 1 atom stereocenters. The highest BCUT2D eigenvalue weighted by Gasteiger charge is 2.33. The molecule has 0 radical (unpaired) electrons. The lowest BCUT2D eigenvalue weighted by atomic mass is 10.1. The van der Waals surface area contributed by atoms with Crippen LogP contribution < -0.4 is 10.6 Å². The topological polar surface area (TPSA) is 38.5 Å². The van der Waals surface area contributed by atoms with E-state index in [0.29, 0.717) is 6.54 Å². The maximum atomic E-state index is 12.8. The summed E-state index contributed by atoms with van der Waals surface area (Å²) in [6.45, 7) is 1.37. The van der Waals surface area contributed by atoms with Gasteiger partial charge < -0.3 is 15.4 Å². The maximum absolute atomic E-state index is 12.8. The van der Waals surface area contributed by atoms with E-state index >= 15 is 0 Å². The van der Waals surface area contributed by atoms with Crippen LogP contribution in [0.4, 0.5) is 18.9 Å². The van der Waals surface area contributed by atoms with Gasteiger partial charge >= 0.3 is 6.18 Å². The van der Waals surface area contributed by atoms with Crippen LogP contribution in [0.15, 0.2) is 18.2 Å². The quantitative estimate of drug-likeness (QED) is 0.919. The molecule has 2 rings (SSSR count). The third kappa shape index (κ3) is 3.01. The molecule has 0 bridgehead atoms. The lowest BCUT2D eigenvalue weighted by molar-refractivity contribution is -0.138. The van der Waals surface area contributed by atoms with Gasteiger partial charge in [0.1, 0.15) is 0 Å². The molecule has 1 aliphatic heterocycles. The van der Waals surface area contributed by atoms with Crippen molar-refractivity contribution in [2.75, 3.05) is 25.1 Å². The molecule has 1 aliphatic rings. The van der Waals surface area contributed by atoms with Crippen LogP contribution in [0.5, 0.6) is 0 Å². The summed E-state index contributed by atoms with van der Waals surface area (Å²) < 4.78 is 43.6. The molecule has 0 aliphatic carbocycles. The zero-order chi connectivity index (χ0) is 14.0. The second-order valence-electron chi connectivity index (χ2n) is 4.64. The third-order valence-electron chi connectivity index (χ3n) is 3.46. The number of hydrogen-bond acceptors (Lipinski definition) is 3.